The van der Waals surface area contributed by atoms with Gasteiger partial charge in [-0.2, -0.15) is 0 Å². The van der Waals surface area contributed by atoms with E-state index >= 15 is 0 Å². The van der Waals surface area contributed by atoms with Gasteiger partial charge in [0.05, 0.1) is 24.9 Å². The Kier molecular flexibility index (Phi) is 5.78. The van der Waals surface area contributed by atoms with E-state index in [0.29, 0.717) is 23.7 Å². The molecule has 0 unspecified atom stereocenters. The average Bonchev–Trinajstić information content (AvgIpc) is 3.40. The summed E-state index contributed by atoms with van der Waals surface area (Å²) in [5.74, 6) is 1.19. The van der Waals surface area contributed by atoms with Gasteiger partial charge in [-0.25, -0.2) is 0 Å². The number of allylic oxidation sites excluding steroid dienone is 1. The molecule has 12 atom stereocenters. The van der Waals surface area contributed by atoms with Gasteiger partial charge in [0, 0.05) is 5.41 Å². The van der Waals surface area contributed by atoms with Gasteiger partial charge in [0.25, 0.3) is 0 Å². The smallest absolute Gasteiger partial charge is 0.0618 e. The Morgan fingerprint density at radius 3 is 2.24 bits per heavy atom. The number of fused-ring (bicyclic) bond motifs is 2. The van der Waals surface area contributed by atoms with E-state index in [1.165, 1.54) is 18.4 Å². The van der Waals surface area contributed by atoms with Crippen molar-refractivity contribution < 1.29 is 20.4 Å². The topological polar surface area (TPSA) is 80.9 Å². The van der Waals surface area contributed by atoms with Crippen LogP contribution in [0, 0.1) is 50.7 Å². The molecule has 34 heavy (non-hydrogen) atoms. The highest BCUT2D eigenvalue weighted by atomic mass is 16.3. The van der Waals surface area contributed by atoms with E-state index in [9.17, 15) is 20.4 Å². The van der Waals surface area contributed by atoms with Gasteiger partial charge in [-0.3, -0.25) is 0 Å². The normalized spacial score (nSPS) is 55.3. The zero-order valence-electron chi connectivity index (χ0n) is 22.5. The zero-order chi connectivity index (χ0) is 24.9. The minimum atomic E-state index is -0.419. The molecule has 5 rings (SSSR count). The Morgan fingerprint density at radius 1 is 0.941 bits per heavy atom. The van der Waals surface area contributed by atoms with Crippen LogP contribution in [0.15, 0.2) is 11.6 Å². The van der Waals surface area contributed by atoms with Crippen LogP contribution in [0.5, 0.6) is 0 Å². The van der Waals surface area contributed by atoms with Gasteiger partial charge in [0.15, 0.2) is 0 Å². The molecule has 2 spiro atoms. The van der Waals surface area contributed by atoms with Crippen molar-refractivity contribution in [3.05, 3.63) is 11.6 Å². The lowest BCUT2D eigenvalue weighted by Gasteiger charge is -2.63. The molecule has 0 radical (unpaired) electrons. The zero-order valence-corrected chi connectivity index (χ0v) is 22.5. The summed E-state index contributed by atoms with van der Waals surface area (Å²) in [6.45, 7) is 13.5. The first kappa shape index (κ1) is 25.2. The first-order valence-electron chi connectivity index (χ1n) is 14.1. The van der Waals surface area contributed by atoms with Crippen LogP contribution in [-0.2, 0) is 0 Å². The molecule has 0 aliphatic heterocycles. The first-order chi connectivity index (χ1) is 15.8. The second-order valence-electron chi connectivity index (χ2n) is 14.5. The van der Waals surface area contributed by atoms with Crippen LogP contribution >= 0.6 is 0 Å². The molecule has 194 valence electrons. The largest absolute Gasteiger partial charge is 0.396 e. The Balaban J connectivity index is 1.46. The molecule has 0 aromatic carbocycles. The lowest BCUT2D eigenvalue weighted by molar-refractivity contribution is -0.176. The summed E-state index contributed by atoms with van der Waals surface area (Å²) in [4.78, 5) is 0. The monoisotopic (exact) mass is 474 g/mol. The standard InChI is InChI=1S/C30H50O4/c1-18(2)7-8-20(32)19(3)25-21(33)15-28(6)23-10-9-22-26(4,17-31)24(34)11-12-29(22)16-30(23,29)14-13-27(25,28)5/h7,19-25,31-34H,8-17H2,1-6H3/t19-,20+,21+,22-,23+,24+,25+,26+,27-,28+,29-,30+/m1/s1. The maximum absolute atomic E-state index is 11.5. The molecule has 5 aliphatic carbocycles. The van der Waals surface area contributed by atoms with Gasteiger partial charge < -0.3 is 20.4 Å². The Morgan fingerprint density at radius 2 is 1.59 bits per heavy atom. The molecule has 0 amide bonds. The average molecular weight is 475 g/mol. The maximum Gasteiger partial charge on any atom is 0.0618 e. The third-order valence-electron chi connectivity index (χ3n) is 13.2. The fraction of sp³-hybridized carbons (Fsp3) is 0.933. The Bertz CT molecular complexity index is 851. The van der Waals surface area contributed by atoms with Crippen molar-refractivity contribution in [1.82, 2.24) is 0 Å². The molecule has 4 heteroatoms. The summed E-state index contributed by atoms with van der Waals surface area (Å²) >= 11 is 0. The number of rotatable bonds is 5. The van der Waals surface area contributed by atoms with Crippen molar-refractivity contribution in [1.29, 1.82) is 0 Å². The van der Waals surface area contributed by atoms with Gasteiger partial charge in [-0.05, 0) is 117 Å². The summed E-state index contributed by atoms with van der Waals surface area (Å²) in [5.41, 5.74) is 1.54. The predicted octanol–water partition coefficient (Wildman–Crippen LogP) is 5.08. The highest BCUT2D eigenvalue weighted by Gasteiger charge is 2.83. The summed E-state index contributed by atoms with van der Waals surface area (Å²) in [6, 6.07) is 0. The molecular weight excluding hydrogens is 424 g/mol. The van der Waals surface area contributed by atoms with Crippen molar-refractivity contribution in [2.75, 3.05) is 6.61 Å². The van der Waals surface area contributed by atoms with Gasteiger partial charge in [0.1, 0.15) is 0 Å². The molecule has 0 bridgehead atoms. The second kappa shape index (κ2) is 7.79. The van der Waals surface area contributed by atoms with Crippen molar-refractivity contribution in [2.45, 2.75) is 118 Å². The Labute approximate surface area is 207 Å². The summed E-state index contributed by atoms with van der Waals surface area (Å²) < 4.78 is 0. The van der Waals surface area contributed by atoms with Crippen LogP contribution in [0.1, 0.15) is 99.3 Å². The molecule has 4 N–H and O–H groups in total. The lowest BCUT2D eigenvalue weighted by atomic mass is 9.41. The summed E-state index contributed by atoms with van der Waals surface area (Å²) in [7, 11) is 0. The summed E-state index contributed by atoms with van der Waals surface area (Å²) in [6.07, 6.45) is 10.2. The van der Waals surface area contributed by atoms with E-state index in [2.05, 4.69) is 47.6 Å². The Hall–Kier alpha value is -0.420. The van der Waals surface area contributed by atoms with Crippen LogP contribution in [-0.4, -0.2) is 45.3 Å². The van der Waals surface area contributed by atoms with Crippen LogP contribution in [0.2, 0.25) is 0 Å². The van der Waals surface area contributed by atoms with Gasteiger partial charge in [-0.15, -0.1) is 0 Å². The highest BCUT2D eigenvalue weighted by Crippen LogP contribution is 2.89. The molecule has 5 saturated carbocycles. The van der Waals surface area contributed by atoms with Crippen LogP contribution < -0.4 is 0 Å². The molecule has 5 aliphatic rings. The molecular formula is C30H50O4. The minimum Gasteiger partial charge on any atom is -0.396 e. The number of aliphatic hydroxyl groups excluding tert-OH is 4. The van der Waals surface area contributed by atoms with E-state index in [1.807, 2.05) is 0 Å². The van der Waals surface area contributed by atoms with Crippen molar-refractivity contribution in [3.63, 3.8) is 0 Å². The molecule has 0 heterocycles. The van der Waals surface area contributed by atoms with Gasteiger partial charge >= 0.3 is 0 Å². The molecule has 4 nitrogen and oxygen atoms in total. The van der Waals surface area contributed by atoms with Gasteiger partial charge in [-0.1, -0.05) is 39.3 Å². The first-order valence-corrected chi connectivity index (χ1v) is 14.1. The molecule has 0 saturated heterocycles. The van der Waals surface area contributed by atoms with Crippen molar-refractivity contribution in [3.8, 4) is 0 Å². The fourth-order valence-electron chi connectivity index (χ4n) is 11.2. The second-order valence-corrected chi connectivity index (χ2v) is 14.5. The van der Waals surface area contributed by atoms with Crippen molar-refractivity contribution in [2.24, 2.45) is 50.7 Å². The SMILES string of the molecule is CC(C)=CC[C@H](O)[C@@H](C)[C@H]1[C@@H](O)C[C@@]2(C)[C@@H]3CC[C@@H]4[C@](C)(CO)[C@@H](O)CC[C@@]45C[C@@]35CC[C@]12C. The highest BCUT2D eigenvalue weighted by molar-refractivity contribution is 5.31. The third kappa shape index (κ3) is 2.92. The van der Waals surface area contributed by atoms with Gasteiger partial charge in [0.2, 0.25) is 0 Å². The van der Waals surface area contributed by atoms with Crippen LogP contribution in [0.25, 0.3) is 0 Å². The quantitative estimate of drug-likeness (QED) is 0.419. The molecule has 5 fully saturated rings. The van der Waals surface area contributed by atoms with E-state index in [1.54, 1.807) is 0 Å². The fourth-order valence-corrected chi connectivity index (χ4v) is 11.2. The number of hydrogen-bond donors (Lipinski definition) is 4. The molecule has 0 aromatic rings. The predicted molar refractivity (Wildman–Crippen MR) is 135 cm³/mol. The lowest BCUT2D eigenvalue weighted by Crippen LogP contribution is -2.59. The molecule has 0 aromatic heterocycles. The van der Waals surface area contributed by atoms with E-state index < -0.39 is 12.2 Å². The summed E-state index contributed by atoms with van der Waals surface area (Å²) in [5, 5.41) is 43.9. The van der Waals surface area contributed by atoms with E-state index in [4.69, 9.17) is 0 Å². The van der Waals surface area contributed by atoms with Crippen molar-refractivity contribution >= 4 is 0 Å². The van der Waals surface area contributed by atoms with E-state index in [-0.39, 0.29) is 46.2 Å². The van der Waals surface area contributed by atoms with E-state index in [0.717, 1.165) is 38.5 Å². The van der Waals surface area contributed by atoms with Crippen LogP contribution in [0.4, 0.5) is 0 Å². The third-order valence-corrected chi connectivity index (χ3v) is 13.2. The number of hydrogen-bond acceptors (Lipinski definition) is 4. The minimum absolute atomic E-state index is 0.0266. The van der Waals surface area contributed by atoms with Crippen LogP contribution in [0.3, 0.4) is 0 Å². The maximum atomic E-state index is 11.5. The number of aliphatic hydroxyl groups is 4.